The van der Waals surface area contributed by atoms with E-state index in [0.717, 1.165) is 51.3 Å². The molecule has 0 saturated carbocycles. The molecule has 0 aliphatic carbocycles. The molecule has 0 radical (unpaired) electrons. The van der Waals surface area contributed by atoms with Gasteiger partial charge in [-0.1, -0.05) is 0 Å². The highest BCUT2D eigenvalue weighted by Crippen LogP contribution is 2.26. The monoisotopic (exact) mass is 340 g/mol. The number of hydrogen-bond donors (Lipinski definition) is 0. The highest BCUT2D eigenvalue weighted by Gasteiger charge is 2.35. The lowest BCUT2D eigenvalue weighted by molar-refractivity contribution is -0.136. The molecule has 2 aliphatic rings. The number of rotatable bonds is 4. The summed E-state index contributed by atoms with van der Waals surface area (Å²) in [4.78, 5) is 26.0. The van der Waals surface area contributed by atoms with Crippen LogP contribution < -0.4 is 4.90 Å². The molecule has 2 aromatic heterocycles. The first-order chi connectivity index (χ1) is 12.3. The van der Waals surface area contributed by atoms with E-state index in [9.17, 15) is 4.79 Å². The lowest BCUT2D eigenvalue weighted by atomic mass is 9.96. The summed E-state index contributed by atoms with van der Waals surface area (Å²) in [5.41, 5.74) is 0. The van der Waals surface area contributed by atoms with Crippen molar-refractivity contribution in [3.05, 3.63) is 36.9 Å². The summed E-state index contributed by atoms with van der Waals surface area (Å²) < 4.78 is 1.93. The molecule has 0 aromatic carbocycles. The van der Waals surface area contributed by atoms with Gasteiger partial charge < -0.3 is 9.80 Å². The Morgan fingerprint density at radius 3 is 2.72 bits per heavy atom. The van der Waals surface area contributed by atoms with Gasteiger partial charge in [-0.3, -0.25) is 9.48 Å². The van der Waals surface area contributed by atoms with Gasteiger partial charge >= 0.3 is 0 Å². The zero-order valence-corrected chi connectivity index (χ0v) is 14.4. The third kappa shape index (κ3) is 3.50. The molecular formula is C18H24N6O. The van der Waals surface area contributed by atoms with Gasteiger partial charge in [0.25, 0.3) is 0 Å². The minimum Gasteiger partial charge on any atom is -0.340 e. The number of aromatic nitrogens is 4. The van der Waals surface area contributed by atoms with Gasteiger partial charge in [0.15, 0.2) is 0 Å². The summed E-state index contributed by atoms with van der Waals surface area (Å²) in [6, 6.07) is 4.01. The summed E-state index contributed by atoms with van der Waals surface area (Å²) >= 11 is 0. The van der Waals surface area contributed by atoms with Crippen LogP contribution in [-0.4, -0.2) is 56.2 Å². The predicted octanol–water partition coefficient (Wildman–Crippen LogP) is 1.58. The van der Waals surface area contributed by atoms with Gasteiger partial charge in [0.1, 0.15) is 0 Å². The van der Waals surface area contributed by atoms with Crippen molar-refractivity contribution >= 4 is 11.9 Å². The lowest BCUT2D eigenvalue weighted by Crippen LogP contribution is -2.47. The van der Waals surface area contributed by atoms with E-state index < -0.39 is 0 Å². The molecule has 25 heavy (non-hydrogen) atoms. The first-order valence-corrected chi connectivity index (χ1v) is 9.11. The van der Waals surface area contributed by atoms with Crippen molar-refractivity contribution in [2.45, 2.75) is 38.3 Å². The van der Waals surface area contributed by atoms with Crippen LogP contribution >= 0.6 is 0 Å². The van der Waals surface area contributed by atoms with E-state index in [1.807, 2.05) is 23.0 Å². The zero-order valence-electron chi connectivity index (χ0n) is 14.4. The van der Waals surface area contributed by atoms with Gasteiger partial charge in [-0.2, -0.15) is 5.10 Å². The third-order valence-electron chi connectivity index (χ3n) is 5.22. The number of amides is 1. The summed E-state index contributed by atoms with van der Waals surface area (Å²) in [6.45, 7) is 3.29. The van der Waals surface area contributed by atoms with Crippen molar-refractivity contribution in [3.8, 4) is 0 Å². The van der Waals surface area contributed by atoms with Gasteiger partial charge in [0.05, 0.1) is 18.5 Å². The highest BCUT2D eigenvalue weighted by atomic mass is 16.2. The van der Waals surface area contributed by atoms with Crippen LogP contribution in [0.25, 0.3) is 0 Å². The van der Waals surface area contributed by atoms with Crippen LogP contribution in [0.15, 0.2) is 36.9 Å². The first kappa shape index (κ1) is 16.1. The van der Waals surface area contributed by atoms with E-state index in [2.05, 4.69) is 24.9 Å². The molecular weight excluding hydrogens is 316 g/mol. The number of hydrogen-bond acceptors (Lipinski definition) is 5. The Hall–Kier alpha value is -2.44. The topological polar surface area (TPSA) is 67.2 Å². The van der Waals surface area contributed by atoms with Crippen molar-refractivity contribution in [1.82, 2.24) is 24.6 Å². The minimum absolute atomic E-state index is 0.0378. The van der Waals surface area contributed by atoms with Gasteiger partial charge in [-0.25, -0.2) is 9.97 Å². The predicted molar refractivity (Wildman–Crippen MR) is 93.9 cm³/mol. The molecule has 2 atom stereocenters. The molecule has 2 unspecified atom stereocenters. The van der Waals surface area contributed by atoms with Crippen LogP contribution in [0.2, 0.25) is 0 Å². The standard InChI is InChI=1S/C18H24N6O/c25-17(24-12-2-6-16(24)14-23-11-4-9-21-23)15-5-1-10-22(13-15)18-19-7-3-8-20-18/h3-4,7-9,11,15-16H,1-2,5-6,10,12-14H2. The van der Waals surface area contributed by atoms with E-state index in [-0.39, 0.29) is 17.9 Å². The summed E-state index contributed by atoms with van der Waals surface area (Å²) in [5, 5.41) is 4.29. The quantitative estimate of drug-likeness (QED) is 0.845. The van der Waals surface area contributed by atoms with Gasteiger partial charge in [-0.15, -0.1) is 0 Å². The fraction of sp³-hybridized carbons (Fsp3) is 0.556. The van der Waals surface area contributed by atoms with Crippen LogP contribution in [0.4, 0.5) is 5.95 Å². The third-order valence-corrected chi connectivity index (χ3v) is 5.22. The van der Waals surface area contributed by atoms with Crippen LogP contribution in [0, 0.1) is 5.92 Å². The van der Waals surface area contributed by atoms with Crippen molar-refractivity contribution < 1.29 is 4.79 Å². The number of carbonyl (C=O) groups excluding carboxylic acids is 1. The maximum absolute atomic E-state index is 13.1. The Labute approximate surface area is 147 Å². The molecule has 0 spiro atoms. The van der Waals surface area contributed by atoms with E-state index in [0.29, 0.717) is 6.54 Å². The summed E-state index contributed by atoms with van der Waals surface area (Å²) in [5.74, 6) is 1.06. The average molecular weight is 340 g/mol. The molecule has 7 heteroatoms. The fourth-order valence-corrected chi connectivity index (χ4v) is 3.99. The van der Waals surface area contributed by atoms with Crippen molar-refractivity contribution in [1.29, 1.82) is 0 Å². The Morgan fingerprint density at radius 1 is 1.08 bits per heavy atom. The molecule has 7 nitrogen and oxygen atoms in total. The van der Waals surface area contributed by atoms with Gasteiger partial charge in [-0.05, 0) is 37.8 Å². The second-order valence-electron chi connectivity index (χ2n) is 6.89. The highest BCUT2D eigenvalue weighted by molar-refractivity contribution is 5.80. The number of anilines is 1. The molecule has 132 valence electrons. The minimum atomic E-state index is 0.0378. The average Bonchev–Trinajstić information content (AvgIpc) is 3.34. The Morgan fingerprint density at radius 2 is 1.92 bits per heavy atom. The van der Waals surface area contributed by atoms with Gasteiger partial charge in [0.2, 0.25) is 11.9 Å². The van der Waals surface area contributed by atoms with E-state index in [1.54, 1.807) is 18.6 Å². The number of nitrogens with zero attached hydrogens (tertiary/aromatic N) is 6. The van der Waals surface area contributed by atoms with Crippen LogP contribution in [0.5, 0.6) is 0 Å². The second-order valence-corrected chi connectivity index (χ2v) is 6.89. The Balaban J connectivity index is 1.42. The SMILES string of the molecule is O=C(C1CCCN(c2ncccn2)C1)N1CCCC1Cn1cccn1. The summed E-state index contributed by atoms with van der Waals surface area (Å²) in [6.07, 6.45) is 11.4. The largest absolute Gasteiger partial charge is 0.340 e. The smallest absolute Gasteiger partial charge is 0.227 e. The molecule has 2 fully saturated rings. The molecule has 2 aromatic rings. The van der Waals surface area contributed by atoms with Crippen LogP contribution in [0.3, 0.4) is 0 Å². The maximum Gasteiger partial charge on any atom is 0.227 e. The van der Waals surface area contributed by atoms with Crippen LogP contribution in [-0.2, 0) is 11.3 Å². The maximum atomic E-state index is 13.1. The van der Waals surface area contributed by atoms with Crippen LogP contribution in [0.1, 0.15) is 25.7 Å². The summed E-state index contributed by atoms with van der Waals surface area (Å²) in [7, 11) is 0. The second kappa shape index (κ2) is 7.21. The van der Waals surface area contributed by atoms with Crippen molar-refractivity contribution in [2.24, 2.45) is 5.92 Å². The molecule has 2 saturated heterocycles. The number of carbonyl (C=O) groups is 1. The molecule has 0 N–H and O–H groups in total. The lowest BCUT2D eigenvalue weighted by Gasteiger charge is -2.35. The molecule has 4 rings (SSSR count). The Kier molecular flexibility index (Phi) is 4.63. The van der Waals surface area contributed by atoms with E-state index in [1.165, 1.54) is 0 Å². The normalized spacial score (nSPS) is 23.8. The molecule has 4 heterocycles. The molecule has 1 amide bonds. The first-order valence-electron chi connectivity index (χ1n) is 9.11. The van der Waals surface area contributed by atoms with E-state index in [4.69, 9.17) is 0 Å². The zero-order chi connectivity index (χ0) is 17.1. The Bertz CT molecular complexity index is 689. The van der Waals surface area contributed by atoms with Crippen molar-refractivity contribution in [2.75, 3.05) is 24.5 Å². The number of likely N-dealkylation sites (tertiary alicyclic amines) is 1. The fourth-order valence-electron chi connectivity index (χ4n) is 3.99. The molecule has 0 bridgehead atoms. The van der Waals surface area contributed by atoms with Crippen molar-refractivity contribution in [3.63, 3.8) is 0 Å². The van der Waals surface area contributed by atoms with Gasteiger partial charge in [0, 0.05) is 44.4 Å². The number of piperidine rings is 1. The van der Waals surface area contributed by atoms with E-state index >= 15 is 0 Å². The molecule has 2 aliphatic heterocycles.